The number of carbonyl (C=O) groups excluding carboxylic acids is 2. The molecule has 4 nitrogen and oxygen atoms in total. The van der Waals surface area contributed by atoms with Gasteiger partial charge in [0.05, 0.1) is 0 Å². The van der Waals surface area contributed by atoms with Crippen molar-refractivity contribution in [2.75, 3.05) is 6.54 Å². The second kappa shape index (κ2) is 11.3. The molecule has 0 heterocycles. The molecule has 2 amide bonds. The first kappa shape index (κ1) is 22.6. The van der Waals surface area contributed by atoms with Crippen molar-refractivity contribution in [2.24, 2.45) is 0 Å². The summed E-state index contributed by atoms with van der Waals surface area (Å²) in [5.74, 6) is -0.585. The fourth-order valence-electron chi connectivity index (χ4n) is 3.10. The van der Waals surface area contributed by atoms with Crippen LogP contribution in [0.15, 0.2) is 48.5 Å². The topological polar surface area (TPSA) is 49.4 Å². The van der Waals surface area contributed by atoms with E-state index in [0.717, 1.165) is 24.0 Å². The van der Waals surface area contributed by atoms with Crippen molar-refractivity contribution in [1.82, 2.24) is 10.2 Å². The van der Waals surface area contributed by atoms with E-state index in [2.05, 4.69) is 24.4 Å². The summed E-state index contributed by atoms with van der Waals surface area (Å²) in [5.41, 5.74) is 3.15. The third-order valence-corrected chi connectivity index (χ3v) is 5.04. The van der Waals surface area contributed by atoms with Crippen molar-refractivity contribution < 1.29 is 14.0 Å². The fourth-order valence-corrected chi connectivity index (χ4v) is 3.10. The van der Waals surface area contributed by atoms with Gasteiger partial charge in [-0.2, -0.15) is 0 Å². The normalized spacial score (nSPS) is 11.7. The number of aryl methyl sites for hydroxylation is 2. The van der Waals surface area contributed by atoms with Crippen molar-refractivity contribution in [2.45, 2.75) is 59.0 Å². The van der Waals surface area contributed by atoms with Gasteiger partial charge in [0.2, 0.25) is 11.8 Å². The van der Waals surface area contributed by atoms with Crippen molar-refractivity contribution >= 4 is 11.8 Å². The molecule has 156 valence electrons. The monoisotopic (exact) mass is 398 g/mol. The highest BCUT2D eigenvalue weighted by Gasteiger charge is 2.25. The van der Waals surface area contributed by atoms with Gasteiger partial charge < -0.3 is 10.2 Å². The number of benzene rings is 2. The number of nitrogens with one attached hydrogen (secondary N) is 1. The summed E-state index contributed by atoms with van der Waals surface area (Å²) in [6.07, 6.45) is 2.75. The highest BCUT2D eigenvalue weighted by Crippen LogP contribution is 2.14. The average Bonchev–Trinajstić information content (AvgIpc) is 2.75. The van der Waals surface area contributed by atoms with Crippen LogP contribution in [0.1, 0.15) is 50.3 Å². The quantitative estimate of drug-likeness (QED) is 0.650. The van der Waals surface area contributed by atoms with E-state index in [1.165, 1.54) is 17.7 Å². The van der Waals surface area contributed by atoms with Crippen LogP contribution in [0.3, 0.4) is 0 Å². The zero-order valence-corrected chi connectivity index (χ0v) is 17.6. The van der Waals surface area contributed by atoms with E-state index in [1.807, 2.05) is 19.1 Å². The Balaban J connectivity index is 2.09. The van der Waals surface area contributed by atoms with Gasteiger partial charge >= 0.3 is 0 Å². The summed E-state index contributed by atoms with van der Waals surface area (Å²) in [5, 5.41) is 2.86. The van der Waals surface area contributed by atoms with Crippen molar-refractivity contribution in [3.63, 3.8) is 0 Å². The minimum Gasteiger partial charge on any atom is -0.354 e. The Morgan fingerprint density at radius 2 is 1.55 bits per heavy atom. The number of hydrogen-bond donors (Lipinski definition) is 1. The second-order valence-electron chi connectivity index (χ2n) is 7.29. The average molecular weight is 399 g/mol. The molecule has 2 aromatic rings. The molecule has 0 saturated carbocycles. The molecule has 1 unspecified atom stereocenters. The van der Waals surface area contributed by atoms with E-state index in [1.54, 1.807) is 24.0 Å². The van der Waals surface area contributed by atoms with Gasteiger partial charge in [0.15, 0.2) is 0 Å². The molecule has 2 aromatic carbocycles. The minimum absolute atomic E-state index is 0.0898. The number of amides is 2. The molecular weight excluding hydrogens is 367 g/mol. The number of halogens is 1. The molecule has 0 radical (unpaired) electrons. The molecule has 0 spiro atoms. The van der Waals surface area contributed by atoms with Crippen molar-refractivity contribution in [1.29, 1.82) is 0 Å². The molecule has 5 heteroatoms. The smallest absolute Gasteiger partial charge is 0.242 e. The summed E-state index contributed by atoms with van der Waals surface area (Å²) in [7, 11) is 0. The van der Waals surface area contributed by atoms with E-state index in [4.69, 9.17) is 0 Å². The van der Waals surface area contributed by atoms with Crippen molar-refractivity contribution in [3.8, 4) is 0 Å². The summed E-state index contributed by atoms with van der Waals surface area (Å²) >= 11 is 0. The lowest BCUT2D eigenvalue weighted by Crippen LogP contribution is -2.47. The maximum Gasteiger partial charge on any atom is 0.242 e. The van der Waals surface area contributed by atoms with Crippen LogP contribution < -0.4 is 5.32 Å². The largest absolute Gasteiger partial charge is 0.354 e. The summed E-state index contributed by atoms with van der Waals surface area (Å²) in [6, 6.07) is 13.7. The first-order valence-corrected chi connectivity index (χ1v) is 10.3. The van der Waals surface area contributed by atoms with Crippen LogP contribution in [0, 0.1) is 5.82 Å². The maximum absolute atomic E-state index is 13.2. The van der Waals surface area contributed by atoms with Crippen LogP contribution in [0.5, 0.6) is 0 Å². The Labute approximate surface area is 173 Å². The Morgan fingerprint density at radius 1 is 0.966 bits per heavy atom. The predicted octanol–water partition coefficient (Wildman–Crippen LogP) is 4.26. The lowest BCUT2D eigenvalue weighted by Gasteiger charge is -2.29. The molecule has 0 bridgehead atoms. The van der Waals surface area contributed by atoms with Gasteiger partial charge in [0.1, 0.15) is 11.9 Å². The van der Waals surface area contributed by atoms with Gasteiger partial charge in [-0.15, -0.1) is 0 Å². The number of rotatable bonds is 10. The molecule has 0 fully saturated rings. The molecule has 0 aliphatic carbocycles. The zero-order valence-electron chi connectivity index (χ0n) is 17.6. The third kappa shape index (κ3) is 7.00. The first-order chi connectivity index (χ1) is 13.9. The zero-order chi connectivity index (χ0) is 21.2. The molecule has 1 atom stereocenters. The highest BCUT2D eigenvalue weighted by molar-refractivity contribution is 5.87. The van der Waals surface area contributed by atoms with Gasteiger partial charge in [0.25, 0.3) is 0 Å². The van der Waals surface area contributed by atoms with Gasteiger partial charge in [-0.25, -0.2) is 4.39 Å². The molecule has 1 N–H and O–H groups in total. The van der Waals surface area contributed by atoms with Gasteiger partial charge in [-0.3, -0.25) is 9.59 Å². The van der Waals surface area contributed by atoms with E-state index in [0.29, 0.717) is 19.4 Å². The Hall–Kier alpha value is -2.69. The summed E-state index contributed by atoms with van der Waals surface area (Å²) in [4.78, 5) is 27.1. The van der Waals surface area contributed by atoms with Crippen LogP contribution in [0.4, 0.5) is 4.39 Å². The van der Waals surface area contributed by atoms with E-state index < -0.39 is 6.04 Å². The molecule has 0 saturated heterocycles. The number of carbonyl (C=O) groups is 2. The number of nitrogens with zero attached hydrogens (tertiary/aromatic N) is 1. The molecule has 2 rings (SSSR count). The predicted molar refractivity (Wildman–Crippen MR) is 114 cm³/mol. The molecular formula is C24H31FN2O2. The standard InChI is InChI=1S/C24H31FN2O2/c1-4-16-26-24(29)18(3)27(17-21-10-13-22(25)14-11-21)23(28)15-12-20-8-6-19(5-2)7-9-20/h6-11,13-14,18H,4-5,12,15-17H2,1-3H3,(H,26,29). The fraction of sp³-hybridized carbons (Fsp3) is 0.417. The Kier molecular flexibility index (Phi) is 8.84. The molecule has 0 aliphatic rings. The van der Waals surface area contributed by atoms with Gasteiger partial charge in [0, 0.05) is 19.5 Å². The highest BCUT2D eigenvalue weighted by atomic mass is 19.1. The summed E-state index contributed by atoms with van der Waals surface area (Å²) in [6.45, 7) is 6.68. The Morgan fingerprint density at radius 3 is 2.14 bits per heavy atom. The minimum atomic E-state index is -0.596. The Bertz CT molecular complexity index is 788. The first-order valence-electron chi connectivity index (χ1n) is 10.3. The third-order valence-electron chi connectivity index (χ3n) is 5.04. The summed E-state index contributed by atoms with van der Waals surface area (Å²) < 4.78 is 13.2. The van der Waals surface area contributed by atoms with Gasteiger partial charge in [-0.05, 0) is 55.0 Å². The van der Waals surface area contributed by atoms with Gasteiger partial charge in [-0.1, -0.05) is 50.2 Å². The maximum atomic E-state index is 13.2. The van der Waals surface area contributed by atoms with Crippen molar-refractivity contribution in [3.05, 3.63) is 71.0 Å². The van der Waals surface area contributed by atoms with E-state index >= 15 is 0 Å². The van der Waals surface area contributed by atoms with Crippen LogP contribution in [-0.4, -0.2) is 29.3 Å². The van der Waals surface area contributed by atoms with Crippen LogP contribution in [0.25, 0.3) is 0 Å². The van der Waals surface area contributed by atoms with Crippen LogP contribution >= 0.6 is 0 Å². The number of hydrogen-bond acceptors (Lipinski definition) is 2. The second-order valence-corrected chi connectivity index (χ2v) is 7.29. The van der Waals surface area contributed by atoms with E-state index in [9.17, 15) is 14.0 Å². The van der Waals surface area contributed by atoms with Crippen LogP contribution in [-0.2, 0) is 29.0 Å². The molecule has 0 aromatic heterocycles. The lowest BCUT2D eigenvalue weighted by molar-refractivity contribution is -0.140. The SMILES string of the molecule is CCCNC(=O)C(C)N(Cc1ccc(F)cc1)C(=O)CCc1ccc(CC)cc1. The molecule has 0 aliphatic heterocycles. The lowest BCUT2D eigenvalue weighted by atomic mass is 10.0. The van der Waals surface area contributed by atoms with E-state index in [-0.39, 0.29) is 24.2 Å². The van der Waals surface area contributed by atoms with Crippen LogP contribution in [0.2, 0.25) is 0 Å². The molecule has 29 heavy (non-hydrogen) atoms.